The maximum Gasteiger partial charge on any atom is 0.303 e. The molecule has 17 heteroatoms. The number of carbonyl (C=O) groups excluding carboxylic acids is 6. The number of carbonyl (C=O) groups is 6. The monoisotopic (exact) mass is 529 g/mol. The van der Waals surface area contributed by atoms with Crippen LogP contribution in [0.25, 0.3) is 10.4 Å². The van der Waals surface area contributed by atoms with E-state index in [0.717, 1.165) is 27.7 Å². The van der Waals surface area contributed by atoms with Crippen LogP contribution in [0.15, 0.2) is 5.11 Å². The predicted octanol–water partition coefficient (Wildman–Crippen LogP) is -1.84. The fraction of sp³-hybridized carbons (Fsp3) is 0.700. The highest BCUT2D eigenvalue weighted by Crippen LogP contribution is 2.29. The van der Waals surface area contributed by atoms with E-state index in [9.17, 15) is 28.8 Å². The lowest BCUT2D eigenvalue weighted by atomic mass is 10.1. The van der Waals surface area contributed by atoms with Crippen LogP contribution in [0.3, 0.4) is 0 Å². The summed E-state index contributed by atoms with van der Waals surface area (Å²) < 4.78 is 31.7. The van der Waals surface area contributed by atoms with Crippen molar-refractivity contribution in [2.45, 2.75) is 76.5 Å². The minimum Gasteiger partial charge on any atom is -0.456 e. The van der Waals surface area contributed by atoms with Crippen molar-refractivity contribution in [3.05, 3.63) is 10.4 Å². The third-order valence-electron chi connectivity index (χ3n) is 5.17. The van der Waals surface area contributed by atoms with Gasteiger partial charge < -0.3 is 39.5 Å². The first kappa shape index (κ1) is 29.3. The van der Waals surface area contributed by atoms with Gasteiger partial charge in [-0.3, -0.25) is 28.8 Å². The molecular formula is C20H27N5O12. The average molecular weight is 529 g/mol. The number of primary amides is 1. The zero-order chi connectivity index (χ0) is 27.9. The van der Waals surface area contributed by atoms with Crippen LogP contribution in [-0.2, 0) is 57.2 Å². The molecule has 0 aromatic carbocycles. The molecule has 0 aromatic rings. The smallest absolute Gasteiger partial charge is 0.303 e. The molecule has 17 nitrogen and oxygen atoms in total. The number of hydrogen-bond donors (Lipinski definition) is 2. The van der Waals surface area contributed by atoms with Crippen LogP contribution in [0.5, 0.6) is 0 Å². The van der Waals surface area contributed by atoms with Gasteiger partial charge in [-0.25, -0.2) is 0 Å². The predicted molar refractivity (Wildman–Crippen MR) is 116 cm³/mol. The third kappa shape index (κ3) is 7.77. The van der Waals surface area contributed by atoms with Gasteiger partial charge in [0.1, 0.15) is 12.2 Å². The number of nitrogens with one attached hydrogen (secondary N) is 1. The molecule has 0 radical (unpaired) electrons. The van der Waals surface area contributed by atoms with Crippen molar-refractivity contribution in [3.8, 4) is 0 Å². The highest BCUT2D eigenvalue weighted by atomic mass is 16.7. The van der Waals surface area contributed by atoms with Crippen LogP contribution in [0.2, 0.25) is 0 Å². The lowest BCUT2D eigenvalue weighted by Crippen LogP contribution is -2.49. The van der Waals surface area contributed by atoms with E-state index in [2.05, 4.69) is 15.3 Å². The van der Waals surface area contributed by atoms with Crippen molar-refractivity contribution in [1.82, 2.24) is 5.32 Å². The van der Waals surface area contributed by atoms with E-state index >= 15 is 0 Å². The summed E-state index contributed by atoms with van der Waals surface area (Å²) in [5, 5.41) is 5.81. The normalized spacial score (nSPS) is 30.4. The van der Waals surface area contributed by atoms with Crippen LogP contribution < -0.4 is 11.1 Å². The molecule has 0 spiro atoms. The molecule has 8 atom stereocenters. The number of ether oxygens (including phenoxy) is 6. The molecule has 2 saturated heterocycles. The quantitative estimate of drug-likeness (QED) is 0.104. The van der Waals surface area contributed by atoms with Gasteiger partial charge in [-0.05, 0) is 5.53 Å². The molecule has 2 rings (SSSR count). The molecule has 37 heavy (non-hydrogen) atoms. The molecule has 0 aromatic heterocycles. The van der Waals surface area contributed by atoms with Crippen LogP contribution in [-0.4, -0.2) is 97.6 Å². The van der Waals surface area contributed by atoms with Crippen molar-refractivity contribution in [3.63, 3.8) is 0 Å². The van der Waals surface area contributed by atoms with Gasteiger partial charge in [-0.1, -0.05) is 5.11 Å². The topological polar surface area (TPSA) is 245 Å². The summed E-state index contributed by atoms with van der Waals surface area (Å²) in [6.07, 6.45) is -10.7. The Morgan fingerprint density at radius 1 is 0.784 bits per heavy atom. The van der Waals surface area contributed by atoms with E-state index in [1.807, 2.05) is 0 Å². The highest BCUT2D eigenvalue weighted by molar-refractivity contribution is 5.83. The SMILES string of the molecule is CC(=O)O[C@H]1[C@H](OC(C)=O)[C@H](C(N)=O)O[C@@H]1CNC(=O)[C@@H]1O[C@H](CN=[N+]=[N-])[C@@H](OC(C)=O)[C@@H]1OC(C)=O. The Bertz CT molecular complexity index is 983. The van der Waals surface area contributed by atoms with Gasteiger partial charge in [-0.2, -0.15) is 0 Å². The summed E-state index contributed by atoms with van der Waals surface area (Å²) in [6, 6.07) is 0. The zero-order valence-corrected chi connectivity index (χ0v) is 20.4. The van der Waals surface area contributed by atoms with Crippen molar-refractivity contribution < 1.29 is 57.2 Å². The first-order chi connectivity index (χ1) is 17.3. The maximum atomic E-state index is 13.0. The molecule has 3 N–H and O–H groups in total. The van der Waals surface area contributed by atoms with Gasteiger partial charge in [0.05, 0.1) is 6.54 Å². The second-order valence-electron chi connectivity index (χ2n) is 8.05. The van der Waals surface area contributed by atoms with Crippen LogP contribution in [0.1, 0.15) is 27.7 Å². The molecule has 2 amide bonds. The lowest BCUT2D eigenvalue weighted by Gasteiger charge is -2.24. The Morgan fingerprint density at radius 2 is 1.22 bits per heavy atom. The van der Waals surface area contributed by atoms with Crippen LogP contribution in [0.4, 0.5) is 0 Å². The summed E-state index contributed by atoms with van der Waals surface area (Å²) in [7, 11) is 0. The second-order valence-corrected chi connectivity index (χ2v) is 8.05. The summed E-state index contributed by atoms with van der Waals surface area (Å²) in [6.45, 7) is 3.55. The highest BCUT2D eigenvalue weighted by Gasteiger charge is 2.54. The van der Waals surface area contributed by atoms with E-state index < -0.39 is 91.1 Å². The molecule has 0 saturated carbocycles. The van der Waals surface area contributed by atoms with Gasteiger partial charge in [-0.15, -0.1) is 0 Å². The molecular weight excluding hydrogens is 502 g/mol. The molecule has 204 valence electrons. The first-order valence-electron chi connectivity index (χ1n) is 10.9. The Hall–Kier alpha value is -3.95. The number of nitrogens with two attached hydrogens (primary N) is 1. The fourth-order valence-corrected chi connectivity index (χ4v) is 3.93. The standard InChI is InChI=1S/C20H27N5O12/c1-7(26)32-13-11(36-17(19(21)30)15(13)34-9(3)28)5-23-20(31)18-16(35-10(4)29)14(33-8(2)27)12(37-18)6-24-25-22/h11-18H,5-6H2,1-4H3,(H2,21,30)(H,23,31)/t11-,12-,13-,14-,15+,16+,17-,18-/m1/s1. The third-order valence-corrected chi connectivity index (χ3v) is 5.17. The molecule has 2 heterocycles. The number of azide groups is 1. The molecule has 0 unspecified atom stereocenters. The zero-order valence-electron chi connectivity index (χ0n) is 20.4. The summed E-state index contributed by atoms with van der Waals surface area (Å²) in [5.74, 6) is -5.04. The Labute approximate surface area is 209 Å². The fourth-order valence-electron chi connectivity index (χ4n) is 3.93. The van der Waals surface area contributed by atoms with Gasteiger partial charge in [0, 0.05) is 39.2 Å². The van der Waals surface area contributed by atoms with Crippen molar-refractivity contribution >= 4 is 35.7 Å². The van der Waals surface area contributed by atoms with Crippen LogP contribution in [0, 0.1) is 0 Å². The summed E-state index contributed by atoms with van der Waals surface area (Å²) >= 11 is 0. The number of esters is 4. The van der Waals surface area contributed by atoms with E-state index in [0.29, 0.717) is 0 Å². The number of rotatable bonds is 10. The second kappa shape index (κ2) is 12.8. The molecule has 2 fully saturated rings. The van der Waals surface area contributed by atoms with E-state index in [1.54, 1.807) is 0 Å². The molecule has 2 aliphatic heterocycles. The average Bonchev–Trinajstić information content (AvgIpc) is 3.27. The number of nitrogens with zero attached hydrogens (tertiary/aromatic N) is 3. The van der Waals surface area contributed by atoms with Gasteiger partial charge in [0.2, 0.25) is 0 Å². The minimum atomic E-state index is -1.52. The van der Waals surface area contributed by atoms with Crippen molar-refractivity contribution in [2.75, 3.05) is 13.1 Å². The van der Waals surface area contributed by atoms with E-state index in [-0.39, 0.29) is 6.54 Å². The van der Waals surface area contributed by atoms with Gasteiger partial charge in [0.25, 0.3) is 11.8 Å². The number of amides is 2. The largest absolute Gasteiger partial charge is 0.456 e. The van der Waals surface area contributed by atoms with Crippen molar-refractivity contribution in [2.24, 2.45) is 10.8 Å². The van der Waals surface area contributed by atoms with E-state index in [1.165, 1.54) is 0 Å². The van der Waals surface area contributed by atoms with Gasteiger partial charge in [0.15, 0.2) is 36.6 Å². The van der Waals surface area contributed by atoms with Crippen molar-refractivity contribution in [1.29, 1.82) is 0 Å². The number of hydrogen-bond acceptors (Lipinski definition) is 13. The maximum absolute atomic E-state index is 13.0. The Balaban J connectivity index is 2.24. The Morgan fingerprint density at radius 3 is 1.68 bits per heavy atom. The summed E-state index contributed by atoms with van der Waals surface area (Å²) in [4.78, 5) is 73.9. The lowest BCUT2D eigenvalue weighted by molar-refractivity contribution is -0.165. The summed E-state index contributed by atoms with van der Waals surface area (Å²) in [5.41, 5.74) is 13.9. The molecule has 0 bridgehead atoms. The molecule has 2 aliphatic rings. The molecule has 0 aliphatic carbocycles. The minimum absolute atomic E-state index is 0.347. The first-order valence-corrected chi connectivity index (χ1v) is 10.9. The van der Waals surface area contributed by atoms with Gasteiger partial charge >= 0.3 is 23.9 Å². The van der Waals surface area contributed by atoms with E-state index in [4.69, 9.17) is 39.7 Å². The van der Waals surface area contributed by atoms with Crippen LogP contribution >= 0.6 is 0 Å². The Kier molecular flexibility index (Phi) is 10.2.